The molecule has 0 spiro atoms. The molecule has 0 amide bonds. The van der Waals surface area contributed by atoms with E-state index in [2.05, 4.69) is 21.1 Å². The highest BCUT2D eigenvalue weighted by molar-refractivity contribution is 9.10. The van der Waals surface area contributed by atoms with Crippen LogP contribution in [0.1, 0.15) is 18.1 Å². The first-order valence-electron chi connectivity index (χ1n) is 9.35. The maximum Gasteiger partial charge on any atom is 0.374 e. The van der Waals surface area contributed by atoms with Crippen LogP contribution in [0.5, 0.6) is 11.5 Å². The predicted molar refractivity (Wildman–Crippen MR) is 118 cm³/mol. The van der Waals surface area contributed by atoms with Crippen LogP contribution in [0.2, 0.25) is 0 Å². The Kier molecular flexibility index (Phi) is 7.61. The summed E-state index contributed by atoms with van der Waals surface area (Å²) in [6, 6.07) is 20.1. The van der Waals surface area contributed by atoms with Gasteiger partial charge in [0, 0.05) is 15.6 Å². The quantitative estimate of drug-likeness (QED) is 0.214. The highest BCUT2D eigenvalue weighted by Gasteiger charge is 2.17. The Morgan fingerprint density at radius 2 is 1.81 bits per heavy atom. The Hall–Kier alpha value is -3.39. The fourth-order valence-electron chi connectivity index (χ4n) is 2.51. The summed E-state index contributed by atoms with van der Waals surface area (Å²) in [4.78, 5) is 17.0. The molecule has 1 atom stereocenters. The predicted octanol–water partition coefficient (Wildman–Crippen LogP) is 4.80. The number of nitrogens with zero attached hydrogens (tertiary/aromatic N) is 1. The Morgan fingerprint density at radius 3 is 2.52 bits per heavy atom. The largest absolute Gasteiger partial charge is 0.489 e. The third kappa shape index (κ3) is 6.55. The molecule has 3 aromatic rings. The number of rotatable bonds is 8. The summed E-state index contributed by atoms with van der Waals surface area (Å²) in [5.74, 6) is 0.0569. The molecule has 0 saturated carbocycles. The van der Waals surface area contributed by atoms with Crippen molar-refractivity contribution in [2.45, 2.75) is 19.6 Å². The number of amidine groups is 1. The Bertz CT molecular complexity index is 1070. The lowest BCUT2D eigenvalue weighted by atomic mass is 10.2. The lowest BCUT2D eigenvalue weighted by Gasteiger charge is -2.12. The Labute approximate surface area is 187 Å². The van der Waals surface area contributed by atoms with Crippen molar-refractivity contribution in [2.75, 3.05) is 0 Å². The first-order valence-corrected chi connectivity index (χ1v) is 10.1. The number of benzene rings is 3. The third-order valence-electron chi connectivity index (χ3n) is 4.18. The van der Waals surface area contributed by atoms with Crippen molar-refractivity contribution in [2.24, 2.45) is 10.9 Å². The van der Waals surface area contributed by atoms with Gasteiger partial charge in [-0.05, 0) is 55.5 Å². The minimum absolute atomic E-state index is 0.0173. The highest BCUT2D eigenvalue weighted by Crippen LogP contribution is 2.19. The van der Waals surface area contributed by atoms with E-state index in [1.54, 1.807) is 67.6 Å². The summed E-state index contributed by atoms with van der Waals surface area (Å²) in [5, 5.41) is 3.67. The van der Waals surface area contributed by atoms with Crippen molar-refractivity contribution in [3.05, 3.63) is 94.2 Å². The van der Waals surface area contributed by atoms with E-state index < -0.39 is 12.1 Å². The van der Waals surface area contributed by atoms with Gasteiger partial charge in [-0.3, -0.25) is 0 Å². The molecular formula is C23H20BrFN2O4. The summed E-state index contributed by atoms with van der Waals surface area (Å²) in [5.41, 5.74) is 6.88. The summed E-state index contributed by atoms with van der Waals surface area (Å²) in [6.07, 6.45) is -0.875. The SMILES string of the molecule is CC(Oc1cccc(Br)c1)C(=O)O/N=C(\N)c1ccc(OCc2ccccc2F)cc1. The van der Waals surface area contributed by atoms with Gasteiger partial charge in [0.25, 0.3) is 0 Å². The molecule has 31 heavy (non-hydrogen) atoms. The van der Waals surface area contributed by atoms with E-state index in [1.807, 2.05) is 6.07 Å². The molecule has 6 nitrogen and oxygen atoms in total. The van der Waals surface area contributed by atoms with Gasteiger partial charge in [0.2, 0.25) is 0 Å². The van der Waals surface area contributed by atoms with Gasteiger partial charge in [0.15, 0.2) is 11.9 Å². The standard InChI is InChI=1S/C23H20BrFN2O4/c1-15(30-20-7-4-6-18(24)13-20)23(28)31-27-22(26)16-9-11-19(12-10-16)29-14-17-5-2-3-8-21(17)25/h2-13,15H,14H2,1H3,(H2,26,27). The van der Waals surface area contributed by atoms with Crippen LogP contribution in [-0.2, 0) is 16.2 Å². The molecule has 0 saturated heterocycles. The zero-order valence-electron chi connectivity index (χ0n) is 16.6. The van der Waals surface area contributed by atoms with E-state index in [0.717, 1.165) is 4.47 Å². The van der Waals surface area contributed by atoms with Gasteiger partial charge in [-0.2, -0.15) is 0 Å². The Balaban J connectivity index is 1.53. The summed E-state index contributed by atoms with van der Waals surface area (Å²) in [7, 11) is 0. The Morgan fingerprint density at radius 1 is 1.06 bits per heavy atom. The molecule has 0 bridgehead atoms. The van der Waals surface area contributed by atoms with Crippen molar-refractivity contribution < 1.29 is 23.5 Å². The van der Waals surface area contributed by atoms with E-state index >= 15 is 0 Å². The van der Waals surface area contributed by atoms with Crippen LogP contribution in [0.15, 0.2) is 82.4 Å². The monoisotopic (exact) mass is 486 g/mol. The fraction of sp³-hybridized carbons (Fsp3) is 0.130. The van der Waals surface area contributed by atoms with Crippen LogP contribution in [0.3, 0.4) is 0 Å². The maximum absolute atomic E-state index is 13.6. The number of oxime groups is 1. The maximum atomic E-state index is 13.6. The van der Waals surface area contributed by atoms with Crippen molar-refractivity contribution >= 4 is 27.7 Å². The molecule has 0 fully saturated rings. The second-order valence-electron chi connectivity index (χ2n) is 6.51. The molecule has 160 valence electrons. The van der Waals surface area contributed by atoms with Crippen molar-refractivity contribution in [3.8, 4) is 11.5 Å². The molecule has 1 unspecified atom stereocenters. The average molecular weight is 487 g/mol. The molecule has 0 aliphatic rings. The molecule has 3 rings (SSSR count). The summed E-state index contributed by atoms with van der Waals surface area (Å²) in [6.45, 7) is 1.65. The van der Waals surface area contributed by atoms with Crippen LogP contribution < -0.4 is 15.2 Å². The number of carbonyl (C=O) groups is 1. The molecule has 0 heterocycles. The number of hydrogen-bond acceptors (Lipinski definition) is 5. The van der Waals surface area contributed by atoms with Crippen LogP contribution >= 0.6 is 15.9 Å². The summed E-state index contributed by atoms with van der Waals surface area (Å²) >= 11 is 3.33. The molecule has 2 N–H and O–H groups in total. The minimum atomic E-state index is -0.875. The van der Waals surface area contributed by atoms with Crippen LogP contribution in [0, 0.1) is 5.82 Å². The molecule has 8 heteroatoms. The van der Waals surface area contributed by atoms with Gasteiger partial charge in [0.05, 0.1) is 0 Å². The smallest absolute Gasteiger partial charge is 0.374 e. The number of halogens is 2. The summed E-state index contributed by atoms with van der Waals surface area (Å²) < 4.78 is 25.6. The average Bonchev–Trinajstić information content (AvgIpc) is 2.77. The topological polar surface area (TPSA) is 83.1 Å². The molecule has 0 aliphatic carbocycles. The number of hydrogen-bond donors (Lipinski definition) is 1. The zero-order chi connectivity index (χ0) is 22.2. The van der Waals surface area contributed by atoms with E-state index in [0.29, 0.717) is 22.6 Å². The first kappa shape index (κ1) is 22.3. The molecule has 3 aromatic carbocycles. The molecule has 0 radical (unpaired) electrons. The van der Waals surface area contributed by atoms with E-state index in [1.165, 1.54) is 6.07 Å². The number of ether oxygens (including phenoxy) is 2. The van der Waals surface area contributed by atoms with Gasteiger partial charge >= 0.3 is 5.97 Å². The van der Waals surface area contributed by atoms with E-state index in [4.69, 9.17) is 20.0 Å². The van der Waals surface area contributed by atoms with Crippen molar-refractivity contribution in [1.82, 2.24) is 0 Å². The van der Waals surface area contributed by atoms with Gasteiger partial charge in [-0.25, -0.2) is 9.18 Å². The lowest BCUT2D eigenvalue weighted by molar-refractivity contribution is -0.151. The molecular weight excluding hydrogens is 467 g/mol. The number of carbonyl (C=O) groups excluding carboxylic acids is 1. The van der Waals surface area contributed by atoms with Gasteiger partial charge in [-0.1, -0.05) is 45.4 Å². The van der Waals surface area contributed by atoms with Gasteiger partial charge in [0.1, 0.15) is 23.9 Å². The van der Waals surface area contributed by atoms with Crippen LogP contribution in [0.25, 0.3) is 0 Å². The van der Waals surface area contributed by atoms with Crippen LogP contribution in [0.4, 0.5) is 4.39 Å². The second-order valence-corrected chi connectivity index (χ2v) is 7.42. The second kappa shape index (κ2) is 10.6. The first-order chi connectivity index (χ1) is 14.9. The normalized spacial score (nSPS) is 12.2. The zero-order valence-corrected chi connectivity index (χ0v) is 18.2. The van der Waals surface area contributed by atoms with Crippen LogP contribution in [-0.4, -0.2) is 17.9 Å². The fourth-order valence-corrected chi connectivity index (χ4v) is 2.89. The lowest BCUT2D eigenvalue weighted by Crippen LogP contribution is -2.26. The molecule has 0 aromatic heterocycles. The van der Waals surface area contributed by atoms with E-state index in [-0.39, 0.29) is 18.3 Å². The third-order valence-corrected chi connectivity index (χ3v) is 4.67. The number of nitrogens with two attached hydrogens (primary N) is 1. The highest BCUT2D eigenvalue weighted by atomic mass is 79.9. The van der Waals surface area contributed by atoms with Crippen molar-refractivity contribution in [3.63, 3.8) is 0 Å². The minimum Gasteiger partial charge on any atom is -0.489 e. The van der Waals surface area contributed by atoms with E-state index in [9.17, 15) is 9.18 Å². The van der Waals surface area contributed by atoms with Crippen molar-refractivity contribution in [1.29, 1.82) is 0 Å². The van der Waals surface area contributed by atoms with Gasteiger partial charge < -0.3 is 20.0 Å². The van der Waals surface area contributed by atoms with Gasteiger partial charge in [-0.15, -0.1) is 0 Å². The molecule has 0 aliphatic heterocycles.